The van der Waals surface area contributed by atoms with Crippen LogP contribution in [-0.4, -0.2) is 24.7 Å². The third-order valence-corrected chi connectivity index (χ3v) is 4.48. The molecule has 0 fully saturated rings. The Bertz CT molecular complexity index is 1090. The fraction of sp³-hybridized carbons (Fsp3) is 0.174. The molecule has 0 saturated heterocycles. The van der Waals surface area contributed by atoms with Crippen molar-refractivity contribution in [1.82, 2.24) is 10.3 Å². The van der Waals surface area contributed by atoms with Crippen LogP contribution in [0, 0.1) is 17.1 Å². The van der Waals surface area contributed by atoms with E-state index in [1.807, 2.05) is 6.92 Å². The minimum Gasteiger partial charge on any atom is -0.496 e. The van der Waals surface area contributed by atoms with Gasteiger partial charge in [-0.3, -0.25) is 5.32 Å². The zero-order valence-corrected chi connectivity index (χ0v) is 16.7. The molecule has 2 N–H and O–H groups in total. The monoisotopic (exact) mass is 404 g/mol. The van der Waals surface area contributed by atoms with Crippen LogP contribution in [0.3, 0.4) is 0 Å². The number of aromatic nitrogens is 1. The first-order chi connectivity index (χ1) is 14.5. The quantitative estimate of drug-likeness (QED) is 0.633. The third-order valence-electron chi connectivity index (χ3n) is 4.48. The number of hydrogen-bond donors (Lipinski definition) is 2. The maximum atomic E-state index is 15.4. The molecule has 0 radical (unpaired) electrons. The minimum absolute atomic E-state index is 0.314. The van der Waals surface area contributed by atoms with E-state index in [1.54, 1.807) is 54.7 Å². The number of pyridine rings is 1. The van der Waals surface area contributed by atoms with Crippen molar-refractivity contribution in [2.75, 3.05) is 19.0 Å². The molecule has 0 bridgehead atoms. The number of urea groups is 1. The van der Waals surface area contributed by atoms with Gasteiger partial charge >= 0.3 is 6.03 Å². The van der Waals surface area contributed by atoms with Crippen LogP contribution >= 0.6 is 0 Å². The van der Waals surface area contributed by atoms with Gasteiger partial charge in [-0.25, -0.2) is 14.2 Å². The van der Waals surface area contributed by atoms with Crippen LogP contribution in [0.25, 0.3) is 11.1 Å². The average molecular weight is 404 g/mol. The summed E-state index contributed by atoms with van der Waals surface area (Å²) >= 11 is 0. The highest BCUT2D eigenvalue weighted by molar-refractivity contribution is 5.88. The topological polar surface area (TPSA) is 87.0 Å². The van der Waals surface area contributed by atoms with E-state index >= 15 is 4.39 Å². The summed E-state index contributed by atoms with van der Waals surface area (Å²) in [6.07, 6.45) is 1.91. The Kier molecular flexibility index (Phi) is 6.60. The van der Waals surface area contributed by atoms with Crippen LogP contribution in [-0.2, 0) is 6.42 Å². The van der Waals surface area contributed by atoms with Crippen molar-refractivity contribution in [1.29, 1.82) is 5.26 Å². The van der Waals surface area contributed by atoms with Gasteiger partial charge in [0.05, 0.1) is 24.3 Å². The fourth-order valence-electron chi connectivity index (χ4n) is 3.07. The summed E-state index contributed by atoms with van der Waals surface area (Å²) < 4.78 is 20.8. The zero-order chi connectivity index (χ0) is 21.5. The number of anilines is 1. The number of carbonyl (C=O) groups is 1. The summed E-state index contributed by atoms with van der Waals surface area (Å²) in [6.45, 7) is 2.34. The lowest BCUT2D eigenvalue weighted by Gasteiger charge is -2.14. The van der Waals surface area contributed by atoms with Gasteiger partial charge in [-0.15, -0.1) is 0 Å². The first kappa shape index (κ1) is 20.8. The molecule has 0 atom stereocenters. The van der Waals surface area contributed by atoms with E-state index in [0.29, 0.717) is 46.8 Å². The van der Waals surface area contributed by atoms with Crippen LogP contribution in [0.15, 0.2) is 54.7 Å². The standard InChI is InChI=1S/C23H21FN4O2/c1-3-26-23(29)28-20-10-7-16(14-27-20)12-18-8-9-19(30-2)21(22(18)24)17-6-4-5-15(11-17)13-25/h4-11,14H,3,12H2,1-2H3,(H2,26,27,28,29). The van der Waals surface area contributed by atoms with Crippen LogP contribution in [0.5, 0.6) is 5.75 Å². The normalized spacial score (nSPS) is 10.2. The van der Waals surface area contributed by atoms with E-state index in [-0.39, 0.29) is 6.03 Å². The minimum atomic E-state index is -0.408. The molecule has 2 aromatic carbocycles. The van der Waals surface area contributed by atoms with Gasteiger partial charge in [0.1, 0.15) is 17.4 Å². The average Bonchev–Trinajstić information content (AvgIpc) is 2.76. The number of nitriles is 1. The molecule has 7 heteroatoms. The van der Waals surface area contributed by atoms with Gasteiger partial charge in [-0.1, -0.05) is 24.3 Å². The predicted octanol–water partition coefficient (Wildman–Crippen LogP) is 4.50. The molecule has 0 saturated carbocycles. The smallest absolute Gasteiger partial charge is 0.320 e. The zero-order valence-electron chi connectivity index (χ0n) is 16.7. The van der Waals surface area contributed by atoms with Crippen LogP contribution in [0.4, 0.5) is 15.0 Å². The fourth-order valence-corrected chi connectivity index (χ4v) is 3.07. The van der Waals surface area contributed by atoms with Gasteiger partial charge in [0.15, 0.2) is 0 Å². The lowest BCUT2D eigenvalue weighted by atomic mass is 9.96. The SMILES string of the molecule is CCNC(=O)Nc1ccc(Cc2ccc(OC)c(-c3cccc(C#N)c3)c2F)cn1. The summed E-state index contributed by atoms with van der Waals surface area (Å²) in [4.78, 5) is 15.8. The molecule has 0 spiro atoms. The van der Waals surface area contributed by atoms with E-state index in [4.69, 9.17) is 10.00 Å². The first-order valence-electron chi connectivity index (χ1n) is 9.41. The molecule has 0 unspecified atom stereocenters. The largest absolute Gasteiger partial charge is 0.496 e. The number of hydrogen-bond acceptors (Lipinski definition) is 4. The Labute approximate surface area is 174 Å². The molecule has 2 amide bonds. The van der Waals surface area contributed by atoms with Crippen molar-refractivity contribution >= 4 is 11.8 Å². The van der Waals surface area contributed by atoms with Crippen LogP contribution in [0.1, 0.15) is 23.6 Å². The maximum absolute atomic E-state index is 15.4. The molecular weight excluding hydrogens is 383 g/mol. The molecule has 152 valence electrons. The van der Waals surface area contributed by atoms with Gasteiger partial charge in [-0.05, 0) is 47.9 Å². The van der Waals surface area contributed by atoms with Crippen molar-refractivity contribution in [3.05, 3.63) is 77.2 Å². The summed E-state index contributed by atoms with van der Waals surface area (Å²) in [5.74, 6) is 0.397. The van der Waals surface area contributed by atoms with Crippen molar-refractivity contribution in [3.8, 4) is 22.9 Å². The Morgan fingerprint density at radius 2 is 2.07 bits per heavy atom. The molecule has 0 aliphatic carbocycles. The van der Waals surface area contributed by atoms with E-state index in [1.165, 1.54) is 7.11 Å². The van der Waals surface area contributed by atoms with E-state index in [0.717, 1.165) is 5.56 Å². The number of nitrogens with one attached hydrogen (secondary N) is 2. The number of halogens is 1. The molecule has 3 aromatic rings. The number of rotatable bonds is 6. The van der Waals surface area contributed by atoms with Gasteiger partial charge in [-0.2, -0.15) is 5.26 Å². The Morgan fingerprint density at radius 1 is 1.23 bits per heavy atom. The highest BCUT2D eigenvalue weighted by Crippen LogP contribution is 2.35. The highest BCUT2D eigenvalue weighted by Gasteiger charge is 2.17. The van der Waals surface area contributed by atoms with Gasteiger partial charge in [0, 0.05) is 19.2 Å². The lowest BCUT2D eigenvalue weighted by Crippen LogP contribution is -2.28. The summed E-state index contributed by atoms with van der Waals surface area (Å²) in [5.41, 5.74) is 2.59. The molecule has 30 heavy (non-hydrogen) atoms. The Balaban J connectivity index is 1.88. The summed E-state index contributed by atoms with van der Waals surface area (Å²) in [5, 5.41) is 14.4. The second kappa shape index (κ2) is 9.52. The molecule has 1 heterocycles. The van der Waals surface area contributed by atoms with Crippen molar-refractivity contribution in [2.45, 2.75) is 13.3 Å². The second-order valence-corrected chi connectivity index (χ2v) is 6.52. The maximum Gasteiger partial charge on any atom is 0.320 e. The molecule has 6 nitrogen and oxygen atoms in total. The third kappa shape index (κ3) is 4.73. The lowest BCUT2D eigenvalue weighted by molar-refractivity contribution is 0.252. The number of amides is 2. The predicted molar refractivity (Wildman–Crippen MR) is 113 cm³/mol. The van der Waals surface area contributed by atoms with Crippen molar-refractivity contribution < 1.29 is 13.9 Å². The van der Waals surface area contributed by atoms with Crippen LogP contribution in [0.2, 0.25) is 0 Å². The van der Waals surface area contributed by atoms with Gasteiger partial charge < -0.3 is 10.1 Å². The number of carbonyl (C=O) groups excluding carboxylic acids is 1. The van der Waals surface area contributed by atoms with Gasteiger partial charge in [0.2, 0.25) is 0 Å². The highest BCUT2D eigenvalue weighted by atomic mass is 19.1. The second-order valence-electron chi connectivity index (χ2n) is 6.52. The van der Waals surface area contributed by atoms with E-state index < -0.39 is 5.82 Å². The number of methoxy groups -OCH3 is 1. The van der Waals surface area contributed by atoms with Gasteiger partial charge in [0.25, 0.3) is 0 Å². The molecule has 1 aromatic heterocycles. The van der Waals surface area contributed by atoms with E-state index in [9.17, 15) is 4.79 Å². The molecule has 0 aliphatic rings. The van der Waals surface area contributed by atoms with E-state index in [2.05, 4.69) is 21.7 Å². The molecule has 3 rings (SSSR count). The Morgan fingerprint density at radius 3 is 2.73 bits per heavy atom. The number of nitrogens with zero attached hydrogens (tertiary/aromatic N) is 2. The summed E-state index contributed by atoms with van der Waals surface area (Å²) in [7, 11) is 1.48. The number of ether oxygens (including phenoxy) is 1. The Hall–Kier alpha value is -3.92. The molecule has 0 aliphatic heterocycles. The van der Waals surface area contributed by atoms with Crippen LogP contribution < -0.4 is 15.4 Å². The molecular formula is C23H21FN4O2. The van der Waals surface area contributed by atoms with Crippen molar-refractivity contribution in [3.63, 3.8) is 0 Å². The summed E-state index contributed by atoms with van der Waals surface area (Å²) in [6, 6.07) is 15.3. The number of benzene rings is 2. The van der Waals surface area contributed by atoms with Crippen molar-refractivity contribution in [2.24, 2.45) is 0 Å². The first-order valence-corrected chi connectivity index (χ1v) is 9.41.